The number of hydrogen-bond acceptors (Lipinski definition) is 2. The Bertz CT molecular complexity index is 477. The van der Waals surface area contributed by atoms with E-state index >= 15 is 0 Å². The minimum absolute atomic E-state index is 0.119. The lowest BCUT2D eigenvalue weighted by molar-refractivity contribution is -0.141. The minimum atomic E-state index is -0.205. The largest absolute Gasteiger partial charge is 0.457 e. The van der Waals surface area contributed by atoms with E-state index in [1.165, 1.54) is 12.8 Å². The molecule has 0 radical (unpaired) electrons. The predicted molar refractivity (Wildman–Crippen MR) is 69.8 cm³/mol. The number of esters is 1. The Morgan fingerprint density at radius 2 is 2.17 bits per heavy atom. The molecule has 0 bridgehead atoms. The lowest BCUT2D eigenvalue weighted by atomic mass is 9.94. The molecular formula is C16H18O2. The Kier molecular flexibility index (Phi) is 2.73. The summed E-state index contributed by atoms with van der Waals surface area (Å²) in [4.78, 5) is 12.0. The lowest BCUT2D eigenvalue weighted by Crippen LogP contribution is -2.15. The highest BCUT2D eigenvalue weighted by molar-refractivity contribution is 5.90. The average molecular weight is 242 g/mol. The SMILES string of the molecule is C=C(C(=O)OCc1ccccc1)C12CCCC1C2. The molecule has 2 fully saturated rings. The quantitative estimate of drug-likeness (QED) is 0.597. The maximum Gasteiger partial charge on any atom is 0.334 e. The van der Waals surface area contributed by atoms with E-state index in [2.05, 4.69) is 6.58 Å². The molecule has 3 rings (SSSR count). The molecule has 0 aromatic heterocycles. The fourth-order valence-corrected chi connectivity index (χ4v) is 3.26. The van der Waals surface area contributed by atoms with Gasteiger partial charge in [0, 0.05) is 11.0 Å². The first kappa shape index (κ1) is 11.5. The second-order valence-corrected chi connectivity index (χ2v) is 5.49. The third kappa shape index (κ3) is 1.86. The van der Waals surface area contributed by atoms with Crippen molar-refractivity contribution in [3.63, 3.8) is 0 Å². The molecule has 2 aliphatic rings. The molecule has 94 valence electrons. The molecule has 2 unspecified atom stereocenters. The Morgan fingerprint density at radius 3 is 2.78 bits per heavy atom. The normalized spacial score (nSPS) is 28.6. The van der Waals surface area contributed by atoms with Gasteiger partial charge in [-0.05, 0) is 30.7 Å². The number of carbonyl (C=O) groups is 1. The van der Waals surface area contributed by atoms with Gasteiger partial charge in [-0.25, -0.2) is 4.79 Å². The monoisotopic (exact) mass is 242 g/mol. The third-order valence-electron chi connectivity index (χ3n) is 4.47. The van der Waals surface area contributed by atoms with Crippen LogP contribution in [0.4, 0.5) is 0 Å². The van der Waals surface area contributed by atoms with Crippen molar-refractivity contribution < 1.29 is 9.53 Å². The van der Waals surface area contributed by atoms with Crippen LogP contribution in [0.1, 0.15) is 31.2 Å². The van der Waals surface area contributed by atoms with Crippen LogP contribution in [0.15, 0.2) is 42.5 Å². The maximum atomic E-state index is 12.0. The summed E-state index contributed by atoms with van der Waals surface area (Å²) in [5, 5.41) is 0. The van der Waals surface area contributed by atoms with Gasteiger partial charge in [0.1, 0.15) is 6.61 Å². The molecule has 0 saturated heterocycles. The van der Waals surface area contributed by atoms with Crippen molar-refractivity contribution in [3.8, 4) is 0 Å². The molecule has 1 aromatic rings. The number of ether oxygens (including phenoxy) is 1. The van der Waals surface area contributed by atoms with Crippen LogP contribution in [-0.4, -0.2) is 5.97 Å². The van der Waals surface area contributed by atoms with Gasteiger partial charge in [-0.2, -0.15) is 0 Å². The first-order valence-electron chi connectivity index (χ1n) is 6.63. The molecule has 1 aromatic carbocycles. The van der Waals surface area contributed by atoms with Gasteiger partial charge in [0.05, 0.1) is 0 Å². The molecule has 2 saturated carbocycles. The van der Waals surface area contributed by atoms with Crippen LogP contribution < -0.4 is 0 Å². The van der Waals surface area contributed by atoms with Crippen LogP contribution in [0.25, 0.3) is 0 Å². The summed E-state index contributed by atoms with van der Waals surface area (Å²) in [5.41, 5.74) is 1.85. The van der Waals surface area contributed by atoms with E-state index in [9.17, 15) is 4.79 Å². The van der Waals surface area contributed by atoms with Crippen molar-refractivity contribution in [2.24, 2.45) is 11.3 Å². The fourth-order valence-electron chi connectivity index (χ4n) is 3.26. The van der Waals surface area contributed by atoms with E-state index in [1.54, 1.807) is 0 Å². The third-order valence-corrected chi connectivity index (χ3v) is 4.47. The van der Waals surface area contributed by atoms with Crippen molar-refractivity contribution in [1.82, 2.24) is 0 Å². The number of benzene rings is 1. The molecule has 0 aliphatic heterocycles. The van der Waals surface area contributed by atoms with Gasteiger partial charge >= 0.3 is 5.97 Å². The van der Waals surface area contributed by atoms with E-state index < -0.39 is 0 Å². The van der Waals surface area contributed by atoms with Gasteiger partial charge < -0.3 is 4.74 Å². The van der Waals surface area contributed by atoms with Crippen LogP contribution in [0.5, 0.6) is 0 Å². The van der Waals surface area contributed by atoms with E-state index in [0.717, 1.165) is 18.4 Å². The summed E-state index contributed by atoms with van der Waals surface area (Å²) in [6.45, 7) is 4.33. The maximum absolute atomic E-state index is 12.0. The van der Waals surface area contributed by atoms with Crippen LogP contribution in [0.3, 0.4) is 0 Å². The second kappa shape index (κ2) is 4.27. The highest BCUT2D eigenvalue weighted by Crippen LogP contribution is 2.67. The average Bonchev–Trinajstić information content (AvgIpc) is 2.98. The van der Waals surface area contributed by atoms with Crippen molar-refractivity contribution in [1.29, 1.82) is 0 Å². The second-order valence-electron chi connectivity index (χ2n) is 5.49. The molecule has 0 N–H and O–H groups in total. The molecule has 2 aliphatic carbocycles. The summed E-state index contributed by atoms with van der Waals surface area (Å²) >= 11 is 0. The van der Waals surface area contributed by atoms with Gasteiger partial charge in [0.25, 0.3) is 0 Å². The van der Waals surface area contributed by atoms with Crippen LogP contribution in [-0.2, 0) is 16.1 Å². The van der Waals surface area contributed by atoms with Gasteiger partial charge in [-0.15, -0.1) is 0 Å². The molecule has 18 heavy (non-hydrogen) atoms. The van der Waals surface area contributed by atoms with Gasteiger partial charge in [-0.3, -0.25) is 0 Å². The molecule has 2 atom stereocenters. The van der Waals surface area contributed by atoms with Crippen molar-refractivity contribution in [2.45, 2.75) is 32.3 Å². The zero-order valence-electron chi connectivity index (χ0n) is 10.5. The number of carbonyl (C=O) groups excluding carboxylic acids is 1. The minimum Gasteiger partial charge on any atom is -0.457 e. The van der Waals surface area contributed by atoms with Crippen LogP contribution in [0, 0.1) is 11.3 Å². The Labute approximate surface area is 108 Å². The highest BCUT2D eigenvalue weighted by atomic mass is 16.5. The number of fused-ring (bicyclic) bond motifs is 1. The number of rotatable bonds is 4. The zero-order valence-corrected chi connectivity index (χ0v) is 10.5. The van der Waals surface area contributed by atoms with E-state index in [-0.39, 0.29) is 11.4 Å². The van der Waals surface area contributed by atoms with Crippen molar-refractivity contribution >= 4 is 5.97 Å². The van der Waals surface area contributed by atoms with Crippen molar-refractivity contribution in [2.75, 3.05) is 0 Å². The zero-order chi connectivity index (χ0) is 12.6. The standard InChI is InChI=1S/C16H18O2/c1-12(16-9-5-8-14(16)10-16)15(17)18-11-13-6-3-2-4-7-13/h2-4,6-7,14H,1,5,8-11H2. The summed E-state index contributed by atoms with van der Waals surface area (Å²) in [6, 6.07) is 9.78. The van der Waals surface area contributed by atoms with Gasteiger partial charge in [0.15, 0.2) is 0 Å². The number of hydrogen-bond donors (Lipinski definition) is 0. The topological polar surface area (TPSA) is 26.3 Å². The summed E-state index contributed by atoms with van der Waals surface area (Å²) < 4.78 is 5.36. The Morgan fingerprint density at radius 1 is 1.39 bits per heavy atom. The molecule has 0 heterocycles. The first-order chi connectivity index (χ1) is 8.72. The highest BCUT2D eigenvalue weighted by Gasteiger charge is 2.60. The molecule has 2 nitrogen and oxygen atoms in total. The summed E-state index contributed by atoms with van der Waals surface area (Å²) in [5.74, 6) is 0.498. The molecule has 2 heteroatoms. The molecule has 0 spiro atoms. The Hall–Kier alpha value is -1.57. The fraction of sp³-hybridized carbons (Fsp3) is 0.438. The van der Waals surface area contributed by atoms with E-state index in [4.69, 9.17) is 4.74 Å². The van der Waals surface area contributed by atoms with E-state index in [1.807, 2.05) is 30.3 Å². The lowest BCUT2D eigenvalue weighted by Gasteiger charge is -2.14. The molecular weight excluding hydrogens is 224 g/mol. The first-order valence-corrected chi connectivity index (χ1v) is 6.63. The smallest absolute Gasteiger partial charge is 0.334 e. The summed E-state index contributed by atoms with van der Waals surface area (Å²) in [6.07, 6.45) is 4.75. The summed E-state index contributed by atoms with van der Waals surface area (Å²) in [7, 11) is 0. The predicted octanol–water partition coefficient (Wildman–Crippen LogP) is 3.48. The van der Waals surface area contributed by atoms with Crippen LogP contribution >= 0.6 is 0 Å². The van der Waals surface area contributed by atoms with Crippen molar-refractivity contribution in [3.05, 3.63) is 48.0 Å². The van der Waals surface area contributed by atoms with Gasteiger partial charge in [0.2, 0.25) is 0 Å². The van der Waals surface area contributed by atoms with Gasteiger partial charge in [-0.1, -0.05) is 43.3 Å². The Balaban J connectivity index is 1.58. The van der Waals surface area contributed by atoms with E-state index in [0.29, 0.717) is 18.1 Å². The van der Waals surface area contributed by atoms with Crippen LogP contribution in [0.2, 0.25) is 0 Å². The molecule has 0 amide bonds.